The average molecular weight is 331 g/mol. The number of benzene rings is 2. The smallest absolute Gasteiger partial charge is 0.222 e. The maximum Gasteiger partial charge on any atom is 0.222 e. The van der Waals surface area contributed by atoms with E-state index in [9.17, 15) is 9.18 Å². The van der Waals surface area contributed by atoms with Crippen LogP contribution < -0.4 is 9.47 Å². The Morgan fingerprint density at radius 1 is 1.00 bits per heavy atom. The van der Waals surface area contributed by atoms with Crippen LogP contribution in [0.5, 0.6) is 11.5 Å². The van der Waals surface area contributed by atoms with Gasteiger partial charge in [-0.3, -0.25) is 4.79 Å². The molecule has 5 heteroatoms. The van der Waals surface area contributed by atoms with Crippen LogP contribution in [0.2, 0.25) is 0 Å². The van der Waals surface area contributed by atoms with Gasteiger partial charge in [0.15, 0.2) is 11.6 Å². The fourth-order valence-electron chi connectivity index (χ4n) is 2.10. The lowest BCUT2D eigenvalue weighted by Crippen LogP contribution is -2.31. The van der Waals surface area contributed by atoms with E-state index in [1.54, 1.807) is 30.1 Å². The number of ether oxygens (including phenoxy) is 2. The van der Waals surface area contributed by atoms with E-state index in [0.717, 1.165) is 5.75 Å². The van der Waals surface area contributed by atoms with E-state index in [1.165, 1.54) is 6.07 Å². The fraction of sp³-hybridized carbons (Fsp3) is 0.316. The minimum Gasteiger partial charge on any atom is -0.494 e. The summed E-state index contributed by atoms with van der Waals surface area (Å²) < 4.78 is 24.3. The highest BCUT2D eigenvalue weighted by Crippen LogP contribution is 2.15. The Morgan fingerprint density at radius 2 is 1.71 bits per heavy atom. The molecule has 0 aliphatic carbocycles. The highest BCUT2D eigenvalue weighted by atomic mass is 19.1. The molecule has 2 rings (SSSR count). The van der Waals surface area contributed by atoms with Crippen molar-refractivity contribution < 1.29 is 18.7 Å². The van der Waals surface area contributed by atoms with Crippen molar-refractivity contribution >= 4 is 5.91 Å². The van der Waals surface area contributed by atoms with Crippen molar-refractivity contribution in [3.8, 4) is 11.5 Å². The maximum absolute atomic E-state index is 13.4. The van der Waals surface area contributed by atoms with Gasteiger partial charge in [0.1, 0.15) is 12.4 Å². The van der Waals surface area contributed by atoms with E-state index >= 15 is 0 Å². The molecule has 0 radical (unpaired) electrons. The number of hydrogen-bond acceptors (Lipinski definition) is 3. The van der Waals surface area contributed by atoms with Crippen LogP contribution in [-0.2, 0) is 4.79 Å². The number of halogens is 1. The van der Waals surface area contributed by atoms with Gasteiger partial charge in [0.2, 0.25) is 5.91 Å². The number of amides is 1. The molecule has 0 atom stereocenters. The largest absolute Gasteiger partial charge is 0.494 e. The van der Waals surface area contributed by atoms with E-state index < -0.39 is 5.82 Å². The average Bonchev–Trinajstić information content (AvgIpc) is 2.61. The van der Waals surface area contributed by atoms with Gasteiger partial charge in [0, 0.05) is 13.5 Å². The summed E-state index contributed by atoms with van der Waals surface area (Å²) in [6.45, 7) is 1.16. The van der Waals surface area contributed by atoms with Crippen LogP contribution in [0.25, 0.3) is 0 Å². The zero-order valence-electron chi connectivity index (χ0n) is 13.8. The zero-order valence-corrected chi connectivity index (χ0v) is 13.8. The standard InChI is InChI=1S/C19H22FNO3/c1-21(13-15-24-18-11-6-5-10-17(18)20)19(22)12-7-14-23-16-8-3-2-4-9-16/h2-6,8-11H,7,12-15H2,1H3. The predicted octanol–water partition coefficient (Wildman–Crippen LogP) is 3.52. The summed E-state index contributed by atoms with van der Waals surface area (Å²) in [5, 5.41) is 0. The summed E-state index contributed by atoms with van der Waals surface area (Å²) in [7, 11) is 1.71. The van der Waals surface area contributed by atoms with Gasteiger partial charge in [-0.2, -0.15) is 0 Å². The Balaban J connectivity index is 1.61. The minimum atomic E-state index is -0.399. The molecule has 0 aromatic heterocycles. The molecule has 0 saturated heterocycles. The molecule has 0 aliphatic heterocycles. The fourth-order valence-corrected chi connectivity index (χ4v) is 2.10. The van der Waals surface area contributed by atoms with Gasteiger partial charge in [-0.25, -0.2) is 4.39 Å². The van der Waals surface area contributed by atoms with Gasteiger partial charge in [-0.05, 0) is 30.7 Å². The Hall–Kier alpha value is -2.56. The van der Waals surface area contributed by atoms with Gasteiger partial charge in [0.05, 0.1) is 13.2 Å². The monoisotopic (exact) mass is 331 g/mol. The molecule has 0 aliphatic rings. The topological polar surface area (TPSA) is 38.8 Å². The minimum absolute atomic E-state index is 0.0174. The summed E-state index contributed by atoms with van der Waals surface area (Å²) in [4.78, 5) is 13.6. The summed E-state index contributed by atoms with van der Waals surface area (Å²) in [6.07, 6.45) is 1.05. The van der Waals surface area contributed by atoms with E-state index in [2.05, 4.69) is 0 Å². The molecule has 0 saturated carbocycles. The number of hydrogen-bond donors (Lipinski definition) is 0. The van der Waals surface area contributed by atoms with Crippen molar-refractivity contribution in [2.45, 2.75) is 12.8 Å². The second-order valence-corrected chi connectivity index (χ2v) is 5.36. The van der Waals surface area contributed by atoms with Crippen molar-refractivity contribution in [3.05, 3.63) is 60.4 Å². The van der Waals surface area contributed by atoms with Crippen LogP contribution in [0.3, 0.4) is 0 Å². The molecule has 128 valence electrons. The molecule has 2 aromatic rings. The molecular weight excluding hydrogens is 309 g/mol. The van der Waals surface area contributed by atoms with Crippen LogP contribution in [0.4, 0.5) is 4.39 Å². The van der Waals surface area contributed by atoms with Crippen molar-refractivity contribution in [1.82, 2.24) is 4.90 Å². The van der Waals surface area contributed by atoms with Crippen molar-refractivity contribution in [1.29, 1.82) is 0 Å². The summed E-state index contributed by atoms with van der Waals surface area (Å²) in [5.41, 5.74) is 0. The van der Waals surface area contributed by atoms with Crippen LogP contribution in [0, 0.1) is 5.82 Å². The Labute approximate surface area is 141 Å². The molecule has 4 nitrogen and oxygen atoms in total. The third kappa shape index (κ3) is 5.91. The lowest BCUT2D eigenvalue weighted by atomic mass is 10.3. The van der Waals surface area contributed by atoms with Crippen LogP contribution in [0.15, 0.2) is 54.6 Å². The molecule has 0 heterocycles. The first-order valence-electron chi connectivity index (χ1n) is 7.96. The molecule has 0 fully saturated rings. The zero-order chi connectivity index (χ0) is 17.2. The second-order valence-electron chi connectivity index (χ2n) is 5.36. The molecule has 24 heavy (non-hydrogen) atoms. The number of para-hydroxylation sites is 2. The van der Waals surface area contributed by atoms with Crippen LogP contribution in [0.1, 0.15) is 12.8 Å². The number of carbonyl (C=O) groups excluding carboxylic acids is 1. The quantitative estimate of drug-likeness (QED) is 0.660. The summed E-state index contributed by atoms with van der Waals surface area (Å²) in [6, 6.07) is 15.7. The SMILES string of the molecule is CN(CCOc1ccccc1F)C(=O)CCCOc1ccccc1. The van der Waals surface area contributed by atoms with Crippen molar-refractivity contribution in [2.75, 3.05) is 26.8 Å². The molecule has 0 bridgehead atoms. The van der Waals surface area contributed by atoms with Gasteiger partial charge >= 0.3 is 0 Å². The summed E-state index contributed by atoms with van der Waals surface area (Å²) in [5.74, 6) is 0.625. The van der Waals surface area contributed by atoms with E-state index in [4.69, 9.17) is 9.47 Å². The third-order valence-electron chi connectivity index (χ3n) is 3.49. The van der Waals surface area contributed by atoms with Crippen LogP contribution >= 0.6 is 0 Å². The predicted molar refractivity (Wildman–Crippen MR) is 90.7 cm³/mol. The van der Waals surface area contributed by atoms with Gasteiger partial charge in [-0.1, -0.05) is 30.3 Å². The van der Waals surface area contributed by atoms with Crippen LogP contribution in [-0.4, -0.2) is 37.6 Å². The first-order valence-corrected chi connectivity index (χ1v) is 7.96. The number of carbonyl (C=O) groups is 1. The molecule has 0 spiro atoms. The number of nitrogens with zero attached hydrogens (tertiary/aromatic N) is 1. The van der Waals surface area contributed by atoms with Crippen molar-refractivity contribution in [3.63, 3.8) is 0 Å². The Morgan fingerprint density at radius 3 is 2.46 bits per heavy atom. The number of likely N-dealkylation sites (N-methyl/N-ethyl adjacent to an activating group) is 1. The second kappa shape index (κ2) is 9.55. The first kappa shape index (κ1) is 17.8. The van der Waals surface area contributed by atoms with Gasteiger partial charge in [0.25, 0.3) is 0 Å². The maximum atomic E-state index is 13.4. The normalized spacial score (nSPS) is 10.2. The van der Waals surface area contributed by atoms with Gasteiger partial charge < -0.3 is 14.4 Å². The molecule has 0 N–H and O–H groups in total. The lowest BCUT2D eigenvalue weighted by molar-refractivity contribution is -0.130. The highest BCUT2D eigenvalue weighted by Gasteiger charge is 2.09. The van der Waals surface area contributed by atoms with Crippen molar-refractivity contribution in [2.24, 2.45) is 0 Å². The third-order valence-corrected chi connectivity index (χ3v) is 3.49. The molecule has 2 aromatic carbocycles. The van der Waals surface area contributed by atoms with Gasteiger partial charge in [-0.15, -0.1) is 0 Å². The Bertz CT molecular complexity index is 634. The molecule has 0 unspecified atom stereocenters. The van der Waals surface area contributed by atoms with E-state index in [0.29, 0.717) is 26.0 Å². The number of rotatable bonds is 9. The Kier molecular flexibility index (Phi) is 7.08. The summed E-state index contributed by atoms with van der Waals surface area (Å²) >= 11 is 0. The van der Waals surface area contributed by atoms with E-state index in [-0.39, 0.29) is 18.3 Å². The molecule has 1 amide bonds. The highest BCUT2D eigenvalue weighted by molar-refractivity contribution is 5.75. The molecular formula is C19H22FNO3. The first-order chi connectivity index (χ1) is 11.7. The lowest BCUT2D eigenvalue weighted by Gasteiger charge is -2.17. The van der Waals surface area contributed by atoms with E-state index in [1.807, 2.05) is 30.3 Å².